The van der Waals surface area contributed by atoms with Gasteiger partial charge in [-0.05, 0) is 33.6 Å². The van der Waals surface area contributed by atoms with Gasteiger partial charge in [-0.15, -0.1) is 0 Å². The van der Waals surface area contributed by atoms with Crippen molar-refractivity contribution in [2.24, 2.45) is 5.92 Å². The van der Waals surface area contributed by atoms with Crippen LogP contribution in [0.3, 0.4) is 0 Å². The van der Waals surface area contributed by atoms with Gasteiger partial charge in [0.25, 0.3) is 0 Å². The summed E-state index contributed by atoms with van der Waals surface area (Å²) in [7, 11) is 0. The summed E-state index contributed by atoms with van der Waals surface area (Å²) in [6.45, 7) is 6.72. The number of amides is 1. The summed E-state index contributed by atoms with van der Waals surface area (Å²) >= 11 is 5.61. The second kappa shape index (κ2) is 7.18. The number of carbonyl (C=O) groups is 1. The Morgan fingerprint density at radius 3 is 2.65 bits per heavy atom. The van der Waals surface area contributed by atoms with Crippen molar-refractivity contribution in [1.82, 2.24) is 9.88 Å². The van der Waals surface area contributed by atoms with Crippen molar-refractivity contribution in [3.63, 3.8) is 0 Å². The third-order valence-electron chi connectivity index (χ3n) is 3.38. The Hall–Kier alpha value is -1.80. The van der Waals surface area contributed by atoms with Crippen LogP contribution in [0.4, 0.5) is 9.18 Å². The molecule has 0 radical (unpaired) electrons. The Morgan fingerprint density at radius 1 is 1.43 bits per heavy atom. The number of piperidine rings is 1. The average molecular weight is 339 g/mol. The van der Waals surface area contributed by atoms with E-state index in [0.29, 0.717) is 13.1 Å². The monoisotopic (exact) mass is 338 g/mol. The van der Waals surface area contributed by atoms with Crippen LogP contribution in [0.5, 0.6) is 0 Å². The first-order chi connectivity index (χ1) is 10.7. The first kappa shape index (κ1) is 17.6. The molecule has 124 valence electrons. The molecule has 1 aromatic heterocycles. The van der Waals surface area contributed by atoms with E-state index in [1.54, 1.807) is 4.90 Å². The van der Waals surface area contributed by atoms with E-state index in [4.69, 9.17) is 16.3 Å². The minimum atomic E-state index is -0.493. The SMILES string of the molecule is CC(C)(C)OC(=O)N1CCC(C#Cc2cnc(Cl)cc2F)CC1. The standard InChI is InChI=1S/C17H20ClFN2O2/c1-17(2,3)23-16(22)21-8-6-12(7-9-21)4-5-13-11-20-15(18)10-14(13)19/h10-12H,6-9H2,1-3H3. The molecule has 1 fully saturated rings. The number of aromatic nitrogens is 1. The third kappa shape index (κ3) is 5.40. The lowest BCUT2D eigenvalue weighted by Crippen LogP contribution is -2.41. The van der Waals surface area contributed by atoms with E-state index >= 15 is 0 Å². The smallest absolute Gasteiger partial charge is 0.410 e. The predicted octanol–water partition coefficient (Wildman–Crippen LogP) is 3.87. The van der Waals surface area contributed by atoms with E-state index in [1.165, 1.54) is 6.20 Å². The molecule has 0 unspecified atom stereocenters. The molecule has 0 atom stereocenters. The minimum Gasteiger partial charge on any atom is -0.444 e. The number of halogens is 2. The number of rotatable bonds is 0. The highest BCUT2D eigenvalue weighted by Gasteiger charge is 2.26. The van der Waals surface area contributed by atoms with Crippen molar-refractivity contribution >= 4 is 17.7 Å². The predicted molar refractivity (Wildman–Crippen MR) is 86.6 cm³/mol. The van der Waals surface area contributed by atoms with E-state index in [0.717, 1.165) is 18.9 Å². The summed E-state index contributed by atoms with van der Waals surface area (Å²) in [5.74, 6) is 5.53. The van der Waals surface area contributed by atoms with E-state index in [2.05, 4.69) is 16.8 Å². The van der Waals surface area contributed by atoms with Crippen LogP contribution in [0, 0.1) is 23.6 Å². The molecule has 23 heavy (non-hydrogen) atoms. The van der Waals surface area contributed by atoms with E-state index in [9.17, 15) is 9.18 Å². The number of carbonyl (C=O) groups excluding carboxylic acids is 1. The van der Waals surface area contributed by atoms with Crippen molar-refractivity contribution in [2.45, 2.75) is 39.2 Å². The first-order valence-corrected chi connectivity index (χ1v) is 7.93. The highest BCUT2D eigenvalue weighted by Crippen LogP contribution is 2.19. The third-order valence-corrected chi connectivity index (χ3v) is 3.58. The summed E-state index contributed by atoms with van der Waals surface area (Å²) in [6, 6.07) is 1.15. The number of pyridine rings is 1. The largest absolute Gasteiger partial charge is 0.444 e. The van der Waals surface area contributed by atoms with Crippen LogP contribution in [0.1, 0.15) is 39.2 Å². The summed E-state index contributed by atoms with van der Waals surface area (Å²) in [5.41, 5.74) is -0.253. The lowest BCUT2D eigenvalue weighted by molar-refractivity contribution is 0.0199. The number of hydrogen-bond donors (Lipinski definition) is 0. The van der Waals surface area contributed by atoms with Gasteiger partial charge in [-0.2, -0.15) is 0 Å². The molecule has 0 bridgehead atoms. The van der Waals surface area contributed by atoms with Gasteiger partial charge in [0, 0.05) is 31.3 Å². The molecule has 2 rings (SSSR count). The summed E-state index contributed by atoms with van der Waals surface area (Å²) in [6.07, 6.45) is 2.53. The number of ether oxygens (including phenoxy) is 1. The van der Waals surface area contributed by atoms with Crippen molar-refractivity contribution in [3.05, 3.63) is 28.8 Å². The van der Waals surface area contributed by atoms with Crippen LogP contribution in [-0.4, -0.2) is 34.7 Å². The van der Waals surface area contributed by atoms with E-state index < -0.39 is 11.4 Å². The molecular formula is C17H20ClFN2O2. The molecule has 1 aliphatic heterocycles. The quantitative estimate of drug-likeness (QED) is 0.532. The van der Waals surface area contributed by atoms with Gasteiger partial charge in [0.05, 0.1) is 5.56 Å². The van der Waals surface area contributed by atoms with Crippen molar-refractivity contribution in [1.29, 1.82) is 0 Å². The zero-order chi connectivity index (χ0) is 17.0. The van der Waals surface area contributed by atoms with Gasteiger partial charge in [-0.25, -0.2) is 14.2 Å². The number of hydrogen-bond acceptors (Lipinski definition) is 3. The fourth-order valence-electron chi connectivity index (χ4n) is 2.21. The molecule has 0 spiro atoms. The fourth-order valence-corrected chi connectivity index (χ4v) is 2.36. The maximum absolute atomic E-state index is 13.6. The topological polar surface area (TPSA) is 42.4 Å². The highest BCUT2D eigenvalue weighted by molar-refractivity contribution is 6.29. The molecule has 6 heteroatoms. The molecule has 0 aliphatic carbocycles. The van der Waals surface area contributed by atoms with Crippen LogP contribution in [0.15, 0.2) is 12.3 Å². The molecule has 4 nitrogen and oxygen atoms in total. The molecule has 1 saturated heterocycles. The molecule has 1 amide bonds. The van der Waals surface area contributed by atoms with E-state index in [1.807, 2.05) is 20.8 Å². The fraction of sp³-hybridized carbons (Fsp3) is 0.529. The maximum atomic E-state index is 13.6. The van der Waals surface area contributed by atoms with Crippen LogP contribution in [0.25, 0.3) is 0 Å². The number of likely N-dealkylation sites (tertiary alicyclic amines) is 1. The molecule has 0 saturated carbocycles. The zero-order valence-electron chi connectivity index (χ0n) is 13.5. The molecule has 1 aromatic rings. The molecule has 0 aromatic carbocycles. The minimum absolute atomic E-state index is 0.110. The lowest BCUT2D eigenvalue weighted by atomic mass is 9.97. The second-order valence-corrected chi connectivity index (χ2v) is 6.89. The van der Waals surface area contributed by atoms with Gasteiger partial charge in [0.15, 0.2) is 0 Å². The summed E-state index contributed by atoms with van der Waals surface area (Å²) in [4.78, 5) is 17.5. The average Bonchev–Trinajstić information content (AvgIpc) is 2.45. The van der Waals surface area contributed by atoms with Crippen LogP contribution in [0.2, 0.25) is 5.15 Å². The summed E-state index contributed by atoms with van der Waals surface area (Å²) in [5, 5.41) is 0.110. The van der Waals surface area contributed by atoms with Gasteiger partial charge in [-0.3, -0.25) is 0 Å². The maximum Gasteiger partial charge on any atom is 0.410 e. The first-order valence-electron chi connectivity index (χ1n) is 7.55. The van der Waals surface area contributed by atoms with Crippen molar-refractivity contribution < 1.29 is 13.9 Å². The molecular weight excluding hydrogens is 319 g/mol. The number of nitrogens with zero attached hydrogens (tertiary/aromatic N) is 2. The normalized spacial score (nSPS) is 15.8. The van der Waals surface area contributed by atoms with Gasteiger partial charge in [-0.1, -0.05) is 23.4 Å². The second-order valence-electron chi connectivity index (χ2n) is 6.50. The Bertz CT molecular complexity index is 638. The van der Waals surface area contributed by atoms with Crippen LogP contribution < -0.4 is 0 Å². The van der Waals surface area contributed by atoms with Crippen LogP contribution in [-0.2, 0) is 4.74 Å². The Morgan fingerprint density at radius 2 is 2.09 bits per heavy atom. The van der Waals surface area contributed by atoms with E-state index in [-0.39, 0.29) is 22.7 Å². The van der Waals surface area contributed by atoms with Gasteiger partial charge < -0.3 is 9.64 Å². The van der Waals surface area contributed by atoms with Crippen LogP contribution >= 0.6 is 11.6 Å². The lowest BCUT2D eigenvalue weighted by Gasteiger charge is -2.31. The zero-order valence-corrected chi connectivity index (χ0v) is 14.3. The molecule has 1 aliphatic rings. The Labute approximate surface area is 141 Å². The van der Waals surface area contributed by atoms with Crippen molar-refractivity contribution in [3.8, 4) is 11.8 Å². The molecule has 2 heterocycles. The van der Waals surface area contributed by atoms with Gasteiger partial charge >= 0.3 is 6.09 Å². The Balaban J connectivity index is 1.90. The Kier molecular flexibility index (Phi) is 5.48. The summed E-state index contributed by atoms with van der Waals surface area (Å²) < 4.78 is 19.0. The van der Waals surface area contributed by atoms with Gasteiger partial charge in [0.2, 0.25) is 0 Å². The molecule has 0 N–H and O–H groups in total. The van der Waals surface area contributed by atoms with Crippen molar-refractivity contribution in [2.75, 3.05) is 13.1 Å². The highest BCUT2D eigenvalue weighted by atomic mass is 35.5. The van der Waals surface area contributed by atoms with Gasteiger partial charge in [0.1, 0.15) is 16.6 Å².